The zero-order chi connectivity index (χ0) is 12.8. The fraction of sp³-hybridized carbons (Fsp3) is 0.583. The standard InChI is InChI=1S/C12H17N3O3/c1-17-12(16)10-8-13-9-11(14-10)18-7-6-15-4-2-3-5-15/h8-9H,2-7H2,1H3. The van der Waals surface area contributed by atoms with Crippen molar-refractivity contribution in [3.8, 4) is 5.88 Å². The largest absolute Gasteiger partial charge is 0.475 e. The van der Waals surface area contributed by atoms with Crippen LogP contribution in [0.1, 0.15) is 23.3 Å². The van der Waals surface area contributed by atoms with Crippen LogP contribution < -0.4 is 4.74 Å². The second kappa shape index (κ2) is 6.30. The first kappa shape index (κ1) is 12.8. The molecule has 1 aliphatic heterocycles. The molecule has 2 rings (SSSR count). The molecule has 0 bridgehead atoms. The van der Waals surface area contributed by atoms with Crippen LogP contribution in [0.25, 0.3) is 0 Å². The van der Waals surface area contributed by atoms with Crippen LogP contribution in [0, 0.1) is 0 Å². The van der Waals surface area contributed by atoms with Crippen LogP contribution in [-0.2, 0) is 4.74 Å². The van der Waals surface area contributed by atoms with Crippen molar-refractivity contribution in [3.05, 3.63) is 18.1 Å². The monoisotopic (exact) mass is 251 g/mol. The molecular weight excluding hydrogens is 234 g/mol. The SMILES string of the molecule is COC(=O)c1cncc(OCCN2CCCC2)n1. The summed E-state index contributed by atoms with van der Waals surface area (Å²) in [6.45, 7) is 3.71. The van der Waals surface area contributed by atoms with E-state index in [0.717, 1.165) is 19.6 Å². The third-order valence-electron chi connectivity index (χ3n) is 2.86. The number of hydrogen-bond donors (Lipinski definition) is 0. The topological polar surface area (TPSA) is 64.6 Å². The van der Waals surface area contributed by atoms with Gasteiger partial charge in [0.25, 0.3) is 0 Å². The van der Waals surface area contributed by atoms with Crippen LogP contribution in [0.3, 0.4) is 0 Å². The molecule has 1 aromatic heterocycles. The smallest absolute Gasteiger partial charge is 0.358 e. The molecule has 0 amide bonds. The Balaban J connectivity index is 1.83. The minimum absolute atomic E-state index is 0.163. The summed E-state index contributed by atoms with van der Waals surface area (Å²) in [5.41, 5.74) is 0.163. The van der Waals surface area contributed by atoms with Gasteiger partial charge in [-0.3, -0.25) is 9.88 Å². The highest BCUT2D eigenvalue weighted by Gasteiger charge is 2.12. The van der Waals surface area contributed by atoms with E-state index in [1.54, 1.807) is 0 Å². The van der Waals surface area contributed by atoms with Gasteiger partial charge < -0.3 is 9.47 Å². The average Bonchev–Trinajstić information content (AvgIpc) is 2.91. The Bertz CT molecular complexity index is 405. The summed E-state index contributed by atoms with van der Waals surface area (Å²) in [4.78, 5) is 21.5. The van der Waals surface area contributed by atoms with Crippen molar-refractivity contribution in [1.29, 1.82) is 0 Å². The first-order chi connectivity index (χ1) is 8.79. The zero-order valence-corrected chi connectivity index (χ0v) is 10.5. The van der Waals surface area contributed by atoms with Gasteiger partial charge in [-0.2, -0.15) is 0 Å². The fourth-order valence-electron chi connectivity index (χ4n) is 1.91. The van der Waals surface area contributed by atoms with E-state index in [0.29, 0.717) is 12.5 Å². The van der Waals surface area contributed by atoms with Crippen LogP contribution in [0.2, 0.25) is 0 Å². The number of ether oxygens (including phenoxy) is 2. The lowest BCUT2D eigenvalue weighted by molar-refractivity contribution is 0.0592. The molecule has 0 spiro atoms. The Morgan fingerprint density at radius 1 is 1.39 bits per heavy atom. The van der Waals surface area contributed by atoms with Crippen LogP contribution >= 0.6 is 0 Å². The number of carbonyl (C=O) groups excluding carboxylic acids is 1. The maximum absolute atomic E-state index is 11.3. The lowest BCUT2D eigenvalue weighted by Gasteiger charge is -2.14. The molecule has 1 aliphatic rings. The number of carbonyl (C=O) groups is 1. The third kappa shape index (κ3) is 3.40. The van der Waals surface area contributed by atoms with E-state index >= 15 is 0 Å². The van der Waals surface area contributed by atoms with Gasteiger partial charge in [0.1, 0.15) is 6.61 Å². The summed E-state index contributed by atoms with van der Waals surface area (Å²) in [5, 5.41) is 0. The van der Waals surface area contributed by atoms with Crippen molar-refractivity contribution < 1.29 is 14.3 Å². The van der Waals surface area contributed by atoms with Gasteiger partial charge in [0, 0.05) is 6.54 Å². The van der Waals surface area contributed by atoms with E-state index in [1.165, 1.54) is 32.3 Å². The normalized spacial score (nSPS) is 15.6. The zero-order valence-electron chi connectivity index (χ0n) is 10.5. The van der Waals surface area contributed by atoms with Crippen molar-refractivity contribution in [2.45, 2.75) is 12.8 Å². The molecule has 18 heavy (non-hydrogen) atoms. The first-order valence-electron chi connectivity index (χ1n) is 6.05. The summed E-state index contributed by atoms with van der Waals surface area (Å²) >= 11 is 0. The maximum Gasteiger partial charge on any atom is 0.358 e. The van der Waals surface area contributed by atoms with Crippen molar-refractivity contribution in [2.24, 2.45) is 0 Å². The summed E-state index contributed by atoms with van der Waals surface area (Å²) in [5.74, 6) is -0.149. The van der Waals surface area contributed by atoms with E-state index in [4.69, 9.17) is 4.74 Å². The Hall–Kier alpha value is -1.69. The molecule has 0 unspecified atom stereocenters. The van der Waals surface area contributed by atoms with Gasteiger partial charge in [-0.1, -0.05) is 0 Å². The van der Waals surface area contributed by atoms with Crippen LogP contribution in [0.5, 0.6) is 5.88 Å². The van der Waals surface area contributed by atoms with Crippen molar-refractivity contribution in [3.63, 3.8) is 0 Å². The molecule has 1 fully saturated rings. The highest BCUT2D eigenvalue weighted by molar-refractivity contribution is 5.86. The minimum Gasteiger partial charge on any atom is -0.475 e. The Morgan fingerprint density at radius 3 is 2.89 bits per heavy atom. The predicted octanol–water partition coefficient (Wildman–Crippen LogP) is 0.738. The number of nitrogens with zero attached hydrogens (tertiary/aromatic N) is 3. The minimum atomic E-state index is -0.507. The van der Waals surface area contributed by atoms with E-state index in [9.17, 15) is 4.79 Å². The summed E-state index contributed by atoms with van der Waals surface area (Å²) in [6.07, 6.45) is 5.38. The third-order valence-corrected chi connectivity index (χ3v) is 2.86. The Kier molecular flexibility index (Phi) is 4.46. The number of rotatable bonds is 5. The lowest BCUT2D eigenvalue weighted by atomic mass is 10.4. The summed E-state index contributed by atoms with van der Waals surface area (Å²) in [7, 11) is 1.31. The molecule has 98 valence electrons. The fourth-order valence-corrected chi connectivity index (χ4v) is 1.91. The highest BCUT2D eigenvalue weighted by Crippen LogP contribution is 2.08. The van der Waals surface area contributed by atoms with E-state index < -0.39 is 5.97 Å². The van der Waals surface area contributed by atoms with Gasteiger partial charge in [-0.05, 0) is 25.9 Å². The van der Waals surface area contributed by atoms with E-state index in [1.807, 2.05) is 0 Å². The van der Waals surface area contributed by atoms with Gasteiger partial charge in [-0.15, -0.1) is 0 Å². The molecule has 0 radical (unpaired) electrons. The van der Waals surface area contributed by atoms with Crippen molar-refractivity contribution >= 4 is 5.97 Å². The number of methoxy groups -OCH3 is 1. The van der Waals surface area contributed by atoms with Gasteiger partial charge in [0.2, 0.25) is 5.88 Å². The molecule has 0 aliphatic carbocycles. The second-order valence-corrected chi connectivity index (χ2v) is 4.13. The van der Waals surface area contributed by atoms with E-state index in [-0.39, 0.29) is 5.69 Å². The van der Waals surface area contributed by atoms with Crippen LogP contribution in [0.4, 0.5) is 0 Å². The molecule has 0 saturated carbocycles. The van der Waals surface area contributed by atoms with E-state index in [2.05, 4.69) is 19.6 Å². The van der Waals surface area contributed by atoms with Crippen LogP contribution in [-0.4, -0.2) is 54.2 Å². The molecule has 0 atom stereocenters. The first-order valence-corrected chi connectivity index (χ1v) is 6.05. The molecule has 1 aromatic rings. The quantitative estimate of drug-likeness (QED) is 0.719. The molecule has 2 heterocycles. The van der Waals surface area contributed by atoms with Gasteiger partial charge in [0.15, 0.2) is 5.69 Å². The van der Waals surface area contributed by atoms with Gasteiger partial charge >= 0.3 is 5.97 Å². The second-order valence-electron chi connectivity index (χ2n) is 4.13. The van der Waals surface area contributed by atoms with Gasteiger partial charge in [-0.25, -0.2) is 9.78 Å². The number of esters is 1. The predicted molar refractivity (Wildman–Crippen MR) is 64.5 cm³/mol. The van der Waals surface area contributed by atoms with Crippen molar-refractivity contribution in [1.82, 2.24) is 14.9 Å². The maximum atomic E-state index is 11.3. The molecule has 6 heteroatoms. The Labute approximate surface area is 106 Å². The van der Waals surface area contributed by atoms with Gasteiger partial charge in [0.05, 0.1) is 19.5 Å². The summed E-state index contributed by atoms with van der Waals surface area (Å²) in [6, 6.07) is 0. The molecule has 1 saturated heterocycles. The lowest BCUT2D eigenvalue weighted by Crippen LogP contribution is -2.25. The van der Waals surface area contributed by atoms with Crippen LogP contribution in [0.15, 0.2) is 12.4 Å². The number of aromatic nitrogens is 2. The highest BCUT2D eigenvalue weighted by atomic mass is 16.5. The summed E-state index contributed by atoms with van der Waals surface area (Å²) < 4.78 is 10.1. The van der Waals surface area contributed by atoms with Crippen molar-refractivity contribution in [2.75, 3.05) is 33.4 Å². The number of likely N-dealkylation sites (tertiary alicyclic amines) is 1. The molecule has 6 nitrogen and oxygen atoms in total. The molecular formula is C12H17N3O3. The molecule has 0 N–H and O–H groups in total. The average molecular weight is 251 g/mol. The Morgan fingerprint density at radius 2 is 2.17 bits per heavy atom. The number of hydrogen-bond acceptors (Lipinski definition) is 6. The molecule has 0 aromatic carbocycles.